The molecule has 0 N–H and O–H groups in total. The van der Waals surface area contributed by atoms with Crippen LogP contribution < -0.4 is 0 Å². The van der Waals surface area contributed by atoms with Gasteiger partial charge in [0.25, 0.3) is 5.41 Å². The Morgan fingerprint density at radius 1 is 0.857 bits per heavy atom. The molecule has 0 atom stereocenters. The second kappa shape index (κ2) is 10.2. The molecule has 0 rings (SSSR count). The van der Waals surface area contributed by atoms with Crippen LogP contribution in [0.2, 0.25) is 0 Å². The van der Waals surface area contributed by atoms with Crippen molar-refractivity contribution in [1.82, 2.24) is 0 Å². The lowest BCUT2D eigenvalue weighted by Gasteiger charge is -2.25. The Hall–Kier alpha value is -1.56. The molecule has 0 heterocycles. The molecule has 0 spiro atoms. The van der Waals surface area contributed by atoms with Gasteiger partial charge in [0, 0.05) is 12.3 Å². The van der Waals surface area contributed by atoms with E-state index >= 15 is 0 Å². The molecule has 0 fully saturated rings. The third kappa shape index (κ3) is 5.04. The van der Waals surface area contributed by atoms with Crippen LogP contribution in [-0.2, 0) is 28.6 Å². The van der Waals surface area contributed by atoms with Crippen molar-refractivity contribution in [2.45, 2.75) is 27.2 Å². The molecule has 0 aromatic heterocycles. The standard InChI is InChI=1S/C14H21ClO6/c1-4-19-11(16)14(9-7-8-10-15,12(17)20-5-2)13(18)21-6-3/h7-8H,4-6,9-10H2,1-3H3/b8-7-. The predicted octanol–water partition coefficient (Wildman–Crippen LogP) is 1.85. The number of alkyl halides is 1. The molecular weight excluding hydrogens is 300 g/mol. The van der Waals surface area contributed by atoms with Crippen LogP contribution in [0.25, 0.3) is 0 Å². The number of carbonyl (C=O) groups excluding carboxylic acids is 3. The van der Waals surface area contributed by atoms with E-state index in [1.165, 1.54) is 12.2 Å². The zero-order chi connectivity index (χ0) is 16.3. The highest BCUT2D eigenvalue weighted by atomic mass is 35.5. The van der Waals surface area contributed by atoms with E-state index in [1.807, 2.05) is 0 Å². The molecule has 0 saturated heterocycles. The van der Waals surface area contributed by atoms with Crippen LogP contribution in [-0.4, -0.2) is 43.6 Å². The topological polar surface area (TPSA) is 78.9 Å². The van der Waals surface area contributed by atoms with Crippen molar-refractivity contribution in [2.24, 2.45) is 5.41 Å². The summed E-state index contributed by atoms with van der Waals surface area (Å²) in [5, 5.41) is 0. The van der Waals surface area contributed by atoms with E-state index in [9.17, 15) is 14.4 Å². The second-order valence-corrected chi connectivity index (χ2v) is 4.21. The van der Waals surface area contributed by atoms with E-state index in [0.29, 0.717) is 0 Å². The van der Waals surface area contributed by atoms with Gasteiger partial charge in [-0.25, -0.2) is 0 Å². The van der Waals surface area contributed by atoms with E-state index in [2.05, 4.69) is 0 Å². The molecule has 0 saturated carbocycles. The van der Waals surface area contributed by atoms with E-state index in [-0.39, 0.29) is 32.1 Å². The van der Waals surface area contributed by atoms with Crippen molar-refractivity contribution >= 4 is 29.5 Å². The van der Waals surface area contributed by atoms with Crippen LogP contribution in [0.1, 0.15) is 27.2 Å². The van der Waals surface area contributed by atoms with Crippen LogP contribution in [0.5, 0.6) is 0 Å². The largest absolute Gasteiger partial charge is 0.465 e. The summed E-state index contributed by atoms with van der Waals surface area (Å²) in [7, 11) is 0. The molecule has 0 bridgehead atoms. The molecule has 0 aliphatic carbocycles. The molecule has 0 aromatic rings. The summed E-state index contributed by atoms with van der Waals surface area (Å²) in [6, 6.07) is 0. The smallest absolute Gasteiger partial charge is 0.335 e. The Morgan fingerprint density at radius 3 is 1.52 bits per heavy atom. The van der Waals surface area contributed by atoms with E-state index < -0.39 is 23.3 Å². The Bertz CT molecular complexity index is 345. The molecule has 7 heteroatoms. The summed E-state index contributed by atoms with van der Waals surface area (Å²) in [5.41, 5.74) is -2.15. The summed E-state index contributed by atoms with van der Waals surface area (Å²) in [6.45, 7) is 4.81. The summed E-state index contributed by atoms with van der Waals surface area (Å²) >= 11 is 5.52. The van der Waals surface area contributed by atoms with Crippen molar-refractivity contribution in [3.63, 3.8) is 0 Å². The van der Waals surface area contributed by atoms with Crippen molar-refractivity contribution < 1.29 is 28.6 Å². The van der Waals surface area contributed by atoms with Gasteiger partial charge < -0.3 is 14.2 Å². The molecule has 0 aliphatic rings. The summed E-state index contributed by atoms with van der Waals surface area (Å²) in [6.07, 6.45) is 2.75. The fourth-order valence-corrected chi connectivity index (χ4v) is 1.71. The quantitative estimate of drug-likeness (QED) is 0.212. The highest BCUT2D eigenvalue weighted by molar-refractivity contribution is 6.19. The molecular formula is C14H21ClO6. The lowest BCUT2D eigenvalue weighted by molar-refractivity contribution is -0.183. The van der Waals surface area contributed by atoms with Gasteiger partial charge in [-0.15, -0.1) is 11.6 Å². The average Bonchev–Trinajstić information content (AvgIpc) is 2.44. The van der Waals surface area contributed by atoms with E-state index in [1.54, 1.807) is 20.8 Å². The predicted molar refractivity (Wildman–Crippen MR) is 76.8 cm³/mol. The molecule has 0 aliphatic heterocycles. The lowest BCUT2D eigenvalue weighted by Crippen LogP contribution is -2.49. The van der Waals surface area contributed by atoms with Crippen LogP contribution in [0.4, 0.5) is 0 Å². The maximum Gasteiger partial charge on any atom is 0.335 e. The van der Waals surface area contributed by atoms with Gasteiger partial charge >= 0.3 is 17.9 Å². The summed E-state index contributed by atoms with van der Waals surface area (Å²) in [4.78, 5) is 36.6. The first-order valence-corrected chi connectivity index (χ1v) is 7.27. The number of esters is 3. The Labute approximate surface area is 129 Å². The zero-order valence-corrected chi connectivity index (χ0v) is 13.3. The first-order valence-electron chi connectivity index (χ1n) is 6.73. The van der Waals surface area contributed by atoms with Crippen molar-refractivity contribution in [3.05, 3.63) is 12.2 Å². The van der Waals surface area contributed by atoms with Gasteiger partial charge in [0.15, 0.2) is 0 Å². The first kappa shape index (κ1) is 19.4. The highest BCUT2D eigenvalue weighted by Gasteiger charge is 2.56. The van der Waals surface area contributed by atoms with Crippen molar-refractivity contribution in [1.29, 1.82) is 0 Å². The minimum absolute atomic E-state index is 0.0264. The van der Waals surface area contributed by atoms with Gasteiger partial charge in [0.2, 0.25) is 0 Å². The normalized spacial score (nSPS) is 11.2. The van der Waals surface area contributed by atoms with E-state index in [0.717, 1.165) is 0 Å². The monoisotopic (exact) mass is 320 g/mol. The molecule has 0 radical (unpaired) electrons. The fraction of sp³-hybridized carbons (Fsp3) is 0.643. The van der Waals surface area contributed by atoms with Crippen molar-refractivity contribution in [3.8, 4) is 0 Å². The minimum atomic E-state index is -2.15. The highest BCUT2D eigenvalue weighted by Crippen LogP contribution is 2.29. The van der Waals surface area contributed by atoms with Crippen LogP contribution in [0.15, 0.2) is 12.2 Å². The first-order chi connectivity index (χ1) is 10.0. The number of allylic oxidation sites excluding steroid dienone is 2. The summed E-state index contributed by atoms with van der Waals surface area (Å²) < 4.78 is 14.6. The maximum absolute atomic E-state index is 12.2. The minimum Gasteiger partial charge on any atom is -0.465 e. The number of halogens is 1. The molecule has 0 unspecified atom stereocenters. The third-order valence-corrected chi connectivity index (χ3v) is 2.73. The molecule has 0 amide bonds. The van der Waals surface area contributed by atoms with Gasteiger partial charge in [-0.3, -0.25) is 14.4 Å². The van der Waals surface area contributed by atoms with Gasteiger partial charge in [0.1, 0.15) is 0 Å². The third-order valence-electron chi connectivity index (χ3n) is 2.55. The second-order valence-electron chi connectivity index (χ2n) is 3.90. The number of hydrogen-bond acceptors (Lipinski definition) is 6. The number of carbonyl (C=O) groups is 3. The van der Waals surface area contributed by atoms with Gasteiger partial charge in [-0.2, -0.15) is 0 Å². The SMILES string of the molecule is CCOC(=O)C(C/C=C\CCl)(C(=O)OCC)C(=O)OCC. The number of hydrogen-bond donors (Lipinski definition) is 0. The summed E-state index contributed by atoms with van der Waals surface area (Å²) in [5.74, 6) is -2.77. The molecule has 6 nitrogen and oxygen atoms in total. The number of ether oxygens (including phenoxy) is 3. The van der Waals surface area contributed by atoms with Crippen LogP contribution in [0, 0.1) is 5.41 Å². The molecule has 0 aromatic carbocycles. The van der Waals surface area contributed by atoms with Gasteiger partial charge in [0.05, 0.1) is 19.8 Å². The molecule has 120 valence electrons. The van der Waals surface area contributed by atoms with Crippen molar-refractivity contribution in [2.75, 3.05) is 25.7 Å². The van der Waals surface area contributed by atoms with Gasteiger partial charge in [-0.05, 0) is 20.8 Å². The van der Waals surface area contributed by atoms with Crippen LogP contribution >= 0.6 is 11.6 Å². The van der Waals surface area contributed by atoms with Crippen LogP contribution in [0.3, 0.4) is 0 Å². The van der Waals surface area contributed by atoms with E-state index in [4.69, 9.17) is 25.8 Å². The maximum atomic E-state index is 12.2. The Balaban J connectivity index is 5.67. The zero-order valence-electron chi connectivity index (χ0n) is 12.5. The number of rotatable bonds is 9. The fourth-order valence-electron chi connectivity index (χ4n) is 1.59. The Morgan fingerprint density at radius 2 is 1.24 bits per heavy atom. The lowest BCUT2D eigenvalue weighted by atomic mass is 9.84. The van der Waals surface area contributed by atoms with Gasteiger partial charge in [-0.1, -0.05) is 12.2 Å². The average molecular weight is 321 g/mol. The molecule has 21 heavy (non-hydrogen) atoms. The Kier molecular flexibility index (Phi) is 9.45.